The number of thioether (sulfide) groups is 1. The zero-order chi connectivity index (χ0) is 18.1. The van der Waals surface area contributed by atoms with Gasteiger partial charge in [-0.15, -0.1) is 11.8 Å². The molecule has 0 aliphatic rings. The van der Waals surface area contributed by atoms with Gasteiger partial charge in [-0.1, -0.05) is 0 Å². The number of benzene rings is 2. The van der Waals surface area contributed by atoms with E-state index in [2.05, 4.69) is 15.6 Å². The molecular weight excluding hydrogens is 341 g/mol. The van der Waals surface area contributed by atoms with Crippen LogP contribution in [0.3, 0.4) is 0 Å². The van der Waals surface area contributed by atoms with Crippen LogP contribution in [0.2, 0.25) is 0 Å². The Hall–Kier alpha value is -2.41. The number of ether oxygens (including phenoxy) is 2. The second kappa shape index (κ2) is 9.78. The third-order valence-corrected chi connectivity index (χ3v) is 4.36. The maximum absolute atomic E-state index is 12.9. The fourth-order valence-corrected chi connectivity index (χ4v) is 2.87. The fourth-order valence-electron chi connectivity index (χ4n) is 2.10. The van der Waals surface area contributed by atoms with Crippen LogP contribution in [-0.2, 0) is 0 Å². The molecule has 0 bridgehead atoms. The summed E-state index contributed by atoms with van der Waals surface area (Å²) in [6, 6.07) is 12.0. The van der Waals surface area contributed by atoms with Gasteiger partial charge < -0.3 is 20.1 Å². The van der Waals surface area contributed by atoms with Crippen LogP contribution in [0.5, 0.6) is 11.5 Å². The van der Waals surface area contributed by atoms with Gasteiger partial charge in [0.25, 0.3) is 0 Å². The minimum Gasteiger partial charge on any atom is -0.493 e. The summed E-state index contributed by atoms with van der Waals surface area (Å²) in [6.07, 6.45) is 0. The first kappa shape index (κ1) is 18.9. The van der Waals surface area contributed by atoms with E-state index in [0.717, 1.165) is 22.9 Å². The molecule has 0 heterocycles. The molecule has 0 radical (unpaired) electrons. The zero-order valence-corrected chi connectivity index (χ0v) is 15.3. The lowest BCUT2D eigenvalue weighted by Crippen LogP contribution is -2.32. The highest BCUT2D eigenvalue weighted by atomic mass is 32.2. The highest BCUT2D eigenvalue weighted by molar-refractivity contribution is 7.99. The molecule has 0 amide bonds. The summed E-state index contributed by atoms with van der Waals surface area (Å²) in [5.41, 5.74) is 0.844. The molecule has 25 heavy (non-hydrogen) atoms. The van der Waals surface area contributed by atoms with Crippen LogP contribution in [0.15, 0.2) is 52.4 Å². The number of halogens is 1. The molecule has 2 N–H and O–H groups in total. The molecule has 134 valence electrons. The summed E-state index contributed by atoms with van der Waals surface area (Å²) in [6.45, 7) is 0.717. The van der Waals surface area contributed by atoms with E-state index in [1.54, 1.807) is 45.2 Å². The van der Waals surface area contributed by atoms with E-state index in [0.29, 0.717) is 17.5 Å². The van der Waals surface area contributed by atoms with Crippen LogP contribution in [-0.4, -0.2) is 39.5 Å². The number of nitrogens with zero attached hydrogens (tertiary/aromatic N) is 1. The van der Waals surface area contributed by atoms with Gasteiger partial charge in [0, 0.05) is 36.0 Å². The Bertz CT molecular complexity index is 708. The number of hydrogen-bond acceptors (Lipinski definition) is 4. The van der Waals surface area contributed by atoms with Gasteiger partial charge in [-0.25, -0.2) is 4.39 Å². The quantitative estimate of drug-likeness (QED) is 0.341. The topological polar surface area (TPSA) is 54.9 Å². The molecule has 0 spiro atoms. The number of nitrogens with one attached hydrogen (secondary N) is 2. The van der Waals surface area contributed by atoms with Crippen molar-refractivity contribution < 1.29 is 13.9 Å². The second-order valence-corrected chi connectivity index (χ2v) is 6.16. The number of rotatable bonds is 7. The first-order chi connectivity index (χ1) is 12.2. The SMILES string of the molecule is CN=C(NCCSc1ccc(F)cc1)Nc1ccc(OC)c(OC)c1. The summed E-state index contributed by atoms with van der Waals surface area (Å²) in [5.74, 6) is 2.59. The predicted molar refractivity (Wildman–Crippen MR) is 102 cm³/mol. The summed E-state index contributed by atoms with van der Waals surface area (Å²) in [4.78, 5) is 5.23. The lowest BCUT2D eigenvalue weighted by atomic mass is 10.3. The monoisotopic (exact) mass is 363 g/mol. The molecule has 0 unspecified atom stereocenters. The minimum atomic E-state index is -0.220. The number of methoxy groups -OCH3 is 2. The van der Waals surface area contributed by atoms with E-state index in [9.17, 15) is 4.39 Å². The smallest absolute Gasteiger partial charge is 0.195 e. The van der Waals surface area contributed by atoms with Crippen molar-refractivity contribution in [1.29, 1.82) is 0 Å². The van der Waals surface area contributed by atoms with E-state index >= 15 is 0 Å². The predicted octanol–water partition coefficient (Wildman–Crippen LogP) is 3.62. The molecule has 0 fully saturated rings. The molecular formula is C18H22FN3O2S. The number of guanidine groups is 1. The Morgan fingerprint density at radius 2 is 1.80 bits per heavy atom. The Balaban J connectivity index is 1.83. The molecule has 0 atom stereocenters. The van der Waals surface area contributed by atoms with Gasteiger partial charge in [0.05, 0.1) is 14.2 Å². The van der Waals surface area contributed by atoms with Crippen LogP contribution >= 0.6 is 11.8 Å². The molecule has 2 aromatic carbocycles. The fraction of sp³-hybridized carbons (Fsp3) is 0.278. The number of aliphatic imine (C=N–C) groups is 1. The molecule has 0 aromatic heterocycles. The molecule has 0 aliphatic heterocycles. The van der Waals surface area contributed by atoms with E-state index < -0.39 is 0 Å². The van der Waals surface area contributed by atoms with Crippen LogP contribution in [0.4, 0.5) is 10.1 Å². The van der Waals surface area contributed by atoms with Gasteiger partial charge in [-0.2, -0.15) is 0 Å². The lowest BCUT2D eigenvalue weighted by Gasteiger charge is -2.14. The summed E-state index contributed by atoms with van der Waals surface area (Å²) in [5, 5.41) is 6.44. The van der Waals surface area contributed by atoms with Crippen LogP contribution < -0.4 is 20.1 Å². The molecule has 2 rings (SSSR count). The highest BCUT2D eigenvalue weighted by Crippen LogP contribution is 2.29. The lowest BCUT2D eigenvalue weighted by molar-refractivity contribution is 0.355. The van der Waals surface area contributed by atoms with Gasteiger partial charge in [0.2, 0.25) is 0 Å². The molecule has 0 saturated carbocycles. The zero-order valence-electron chi connectivity index (χ0n) is 14.5. The van der Waals surface area contributed by atoms with Crippen molar-refractivity contribution in [2.24, 2.45) is 4.99 Å². The Morgan fingerprint density at radius 3 is 2.44 bits per heavy atom. The van der Waals surface area contributed by atoms with Crippen molar-refractivity contribution in [1.82, 2.24) is 5.32 Å². The summed E-state index contributed by atoms with van der Waals surface area (Å²) < 4.78 is 23.4. The summed E-state index contributed by atoms with van der Waals surface area (Å²) >= 11 is 1.65. The van der Waals surface area contributed by atoms with Gasteiger partial charge in [-0.3, -0.25) is 4.99 Å². The molecule has 0 saturated heterocycles. The van der Waals surface area contributed by atoms with Gasteiger partial charge in [0.15, 0.2) is 17.5 Å². The summed E-state index contributed by atoms with van der Waals surface area (Å²) in [7, 11) is 4.91. The van der Waals surface area contributed by atoms with Crippen LogP contribution in [0, 0.1) is 5.82 Å². The third-order valence-electron chi connectivity index (χ3n) is 3.35. The number of hydrogen-bond donors (Lipinski definition) is 2. The van der Waals surface area contributed by atoms with Crippen molar-refractivity contribution in [3.05, 3.63) is 48.3 Å². The van der Waals surface area contributed by atoms with Gasteiger partial charge >= 0.3 is 0 Å². The van der Waals surface area contributed by atoms with Crippen LogP contribution in [0.1, 0.15) is 0 Å². The third kappa shape index (κ3) is 5.86. The standard InChI is InChI=1S/C18H22FN3O2S/c1-20-18(21-10-11-25-15-7-4-13(19)5-8-15)22-14-6-9-16(23-2)17(12-14)24-3/h4-9,12H,10-11H2,1-3H3,(H2,20,21,22). The van der Waals surface area contributed by atoms with Gasteiger partial charge in [-0.05, 0) is 36.4 Å². The normalized spacial score (nSPS) is 11.1. The number of anilines is 1. The van der Waals surface area contributed by atoms with Crippen LogP contribution in [0.25, 0.3) is 0 Å². The minimum absolute atomic E-state index is 0.220. The average Bonchev–Trinajstić information content (AvgIpc) is 2.65. The van der Waals surface area contributed by atoms with E-state index in [4.69, 9.17) is 9.47 Å². The second-order valence-electron chi connectivity index (χ2n) is 5.00. The van der Waals surface area contributed by atoms with Crippen molar-refractivity contribution in [2.75, 3.05) is 38.9 Å². The van der Waals surface area contributed by atoms with Crippen molar-refractivity contribution in [3.8, 4) is 11.5 Å². The molecule has 5 nitrogen and oxygen atoms in total. The molecule has 7 heteroatoms. The average molecular weight is 363 g/mol. The van der Waals surface area contributed by atoms with E-state index in [-0.39, 0.29) is 5.82 Å². The first-order valence-corrected chi connectivity index (χ1v) is 8.73. The Kier molecular flexibility index (Phi) is 7.40. The van der Waals surface area contributed by atoms with Crippen molar-refractivity contribution >= 4 is 23.4 Å². The maximum Gasteiger partial charge on any atom is 0.195 e. The Labute approximate surface area is 151 Å². The van der Waals surface area contributed by atoms with Crippen molar-refractivity contribution in [2.45, 2.75) is 4.90 Å². The van der Waals surface area contributed by atoms with Gasteiger partial charge in [0.1, 0.15) is 5.82 Å². The first-order valence-electron chi connectivity index (χ1n) is 7.74. The molecule has 0 aliphatic carbocycles. The molecule has 2 aromatic rings. The Morgan fingerprint density at radius 1 is 1.08 bits per heavy atom. The largest absolute Gasteiger partial charge is 0.493 e. The van der Waals surface area contributed by atoms with Crippen molar-refractivity contribution in [3.63, 3.8) is 0 Å². The van der Waals surface area contributed by atoms with E-state index in [1.165, 1.54) is 12.1 Å². The maximum atomic E-state index is 12.9. The highest BCUT2D eigenvalue weighted by Gasteiger charge is 2.06. The van der Waals surface area contributed by atoms with E-state index in [1.807, 2.05) is 18.2 Å².